The second kappa shape index (κ2) is 6.70. The van der Waals surface area contributed by atoms with Crippen LogP contribution in [-0.4, -0.2) is 0 Å². The lowest BCUT2D eigenvalue weighted by molar-refractivity contribution is -0.189. The van der Waals surface area contributed by atoms with Gasteiger partial charge in [0, 0.05) is 9.86 Å². The van der Waals surface area contributed by atoms with E-state index in [4.69, 9.17) is 0 Å². The molecule has 0 atom stereocenters. The van der Waals surface area contributed by atoms with Crippen LogP contribution in [0.2, 0.25) is 0 Å². The molecule has 9 heteroatoms. The number of benzene rings is 3. The average molecular weight is 453 g/mol. The van der Waals surface area contributed by atoms with Crippen molar-refractivity contribution in [2.75, 3.05) is 0 Å². The molecule has 0 fully saturated rings. The maximum absolute atomic E-state index is 14.3. The Kier molecular flexibility index (Phi) is 4.83. The van der Waals surface area contributed by atoms with Gasteiger partial charge < -0.3 is 4.74 Å². The summed E-state index contributed by atoms with van der Waals surface area (Å²) in [6.07, 6.45) is -4.42. The van der Waals surface area contributed by atoms with Crippen LogP contribution in [0.4, 0.5) is 30.7 Å². The van der Waals surface area contributed by atoms with Gasteiger partial charge in [0.2, 0.25) is 0 Å². The zero-order chi connectivity index (χ0) is 20.1. The largest absolute Gasteiger partial charge is 0.432 e. The lowest BCUT2D eigenvalue weighted by Crippen LogP contribution is -2.25. The summed E-state index contributed by atoms with van der Waals surface area (Å²) in [5.41, 5.74) is -1.96. The Morgan fingerprint density at radius 1 is 0.815 bits per heavy atom. The summed E-state index contributed by atoms with van der Waals surface area (Å²) in [5, 5.41) is -0.584. The predicted molar refractivity (Wildman–Crippen MR) is 87.1 cm³/mol. The quantitative estimate of drug-likeness (QED) is 0.316. The van der Waals surface area contributed by atoms with Crippen LogP contribution in [0, 0.1) is 36.0 Å². The molecule has 0 spiro atoms. The fourth-order valence-electron chi connectivity index (χ4n) is 2.61. The number of halogens is 8. The second-order valence-electron chi connectivity index (χ2n) is 5.64. The number of fused-ring (bicyclic) bond motifs is 1. The van der Waals surface area contributed by atoms with E-state index < -0.39 is 46.5 Å². The molecule has 3 aromatic rings. The third-order valence-electron chi connectivity index (χ3n) is 3.89. The summed E-state index contributed by atoms with van der Waals surface area (Å²) in [4.78, 5) is 0. The third kappa shape index (κ3) is 3.36. The summed E-state index contributed by atoms with van der Waals surface area (Å²) in [5.74, 6) is -8.39. The number of aryl methyl sites for hydroxylation is 1. The number of hydrogen-bond donors (Lipinski definition) is 0. The van der Waals surface area contributed by atoms with Crippen molar-refractivity contribution < 1.29 is 35.5 Å². The maximum atomic E-state index is 14.3. The van der Waals surface area contributed by atoms with Gasteiger partial charge in [-0.05, 0) is 48.2 Å². The Hall–Kier alpha value is -2.29. The van der Waals surface area contributed by atoms with Crippen LogP contribution in [0.5, 0.6) is 5.75 Å². The molecule has 0 aliphatic carbocycles. The highest BCUT2D eigenvalue weighted by molar-refractivity contribution is 9.10. The highest BCUT2D eigenvalue weighted by Gasteiger charge is 2.41. The molecule has 0 bridgehead atoms. The third-order valence-corrected chi connectivity index (χ3v) is 4.35. The van der Waals surface area contributed by atoms with Crippen molar-refractivity contribution in [2.45, 2.75) is 13.0 Å². The van der Waals surface area contributed by atoms with Crippen LogP contribution in [-0.2, 0) is 6.11 Å². The Labute approximate surface area is 156 Å². The fourth-order valence-corrected chi connectivity index (χ4v) is 3.01. The molecular weight excluding hydrogens is 445 g/mol. The Bertz CT molecular complexity index is 1040. The van der Waals surface area contributed by atoms with Gasteiger partial charge in [0.25, 0.3) is 0 Å². The SMILES string of the molecule is Cc1c(F)c(F)c(F)c2ccc(OC(F)(F)c3c(F)cc(Br)cc3F)cc12. The van der Waals surface area contributed by atoms with Gasteiger partial charge in [-0.25, -0.2) is 22.0 Å². The summed E-state index contributed by atoms with van der Waals surface area (Å²) >= 11 is 2.77. The van der Waals surface area contributed by atoms with E-state index >= 15 is 0 Å². The molecule has 0 amide bonds. The zero-order valence-corrected chi connectivity index (χ0v) is 14.9. The van der Waals surface area contributed by atoms with Gasteiger partial charge in [0.05, 0.1) is 0 Å². The molecule has 0 saturated carbocycles. The van der Waals surface area contributed by atoms with E-state index in [1.165, 1.54) is 0 Å². The van der Waals surface area contributed by atoms with Crippen LogP contribution in [0.25, 0.3) is 10.8 Å². The average Bonchev–Trinajstić information content (AvgIpc) is 2.56. The minimum atomic E-state index is -4.42. The van der Waals surface area contributed by atoms with E-state index in [1.54, 1.807) is 0 Å². The van der Waals surface area contributed by atoms with E-state index in [0.29, 0.717) is 12.1 Å². The Morgan fingerprint density at radius 3 is 2.00 bits per heavy atom. The van der Waals surface area contributed by atoms with Gasteiger partial charge in [-0.3, -0.25) is 0 Å². The normalized spacial score (nSPS) is 11.9. The molecule has 0 unspecified atom stereocenters. The van der Waals surface area contributed by atoms with Gasteiger partial charge >= 0.3 is 6.11 Å². The van der Waals surface area contributed by atoms with E-state index in [0.717, 1.165) is 25.1 Å². The highest BCUT2D eigenvalue weighted by atomic mass is 79.9. The molecule has 1 nitrogen and oxygen atoms in total. The molecule has 0 aliphatic rings. The minimum absolute atomic E-state index is 0.0913. The molecule has 0 aliphatic heterocycles. The van der Waals surface area contributed by atoms with Gasteiger partial charge in [0.1, 0.15) is 22.9 Å². The number of rotatable bonds is 3. The van der Waals surface area contributed by atoms with E-state index in [1.807, 2.05) is 0 Å². The molecule has 27 heavy (non-hydrogen) atoms. The molecule has 0 heterocycles. The molecule has 0 saturated heterocycles. The molecule has 3 rings (SSSR count). The topological polar surface area (TPSA) is 9.23 Å². The van der Waals surface area contributed by atoms with Crippen LogP contribution < -0.4 is 4.74 Å². The first-order valence-corrected chi connectivity index (χ1v) is 8.11. The van der Waals surface area contributed by atoms with Gasteiger partial charge in [-0.2, -0.15) is 8.78 Å². The van der Waals surface area contributed by atoms with Gasteiger partial charge in [-0.15, -0.1) is 0 Å². The van der Waals surface area contributed by atoms with Crippen molar-refractivity contribution in [1.29, 1.82) is 0 Å². The first-order valence-electron chi connectivity index (χ1n) is 7.31. The van der Waals surface area contributed by atoms with Gasteiger partial charge in [-0.1, -0.05) is 15.9 Å². The summed E-state index contributed by atoms with van der Waals surface area (Å²) in [6, 6.07) is 3.85. The fraction of sp³-hybridized carbons (Fsp3) is 0.111. The van der Waals surface area contributed by atoms with E-state index in [2.05, 4.69) is 20.7 Å². The smallest absolute Gasteiger partial charge is 0.429 e. The molecule has 0 radical (unpaired) electrons. The minimum Gasteiger partial charge on any atom is -0.429 e. The summed E-state index contributed by atoms with van der Waals surface area (Å²) in [7, 11) is 0. The predicted octanol–water partition coefficient (Wildman–Crippen LogP) is 6.73. The van der Waals surface area contributed by atoms with Crippen molar-refractivity contribution >= 4 is 26.7 Å². The Morgan fingerprint density at radius 2 is 1.41 bits per heavy atom. The zero-order valence-electron chi connectivity index (χ0n) is 13.3. The Balaban J connectivity index is 2.09. The van der Waals surface area contributed by atoms with Crippen molar-refractivity contribution in [2.24, 2.45) is 0 Å². The standard InChI is InChI=1S/C18H8BrF7O/c1-7-11-6-9(2-3-10(11)16(23)17(24)15(7)22)27-18(25,26)14-12(20)4-8(19)5-13(14)21/h2-6H,1H3. The number of hydrogen-bond acceptors (Lipinski definition) is 1. The van der Waals surface area contributed by atoms with Gasteiger partial charge in [0.15, 0.2) is 17.5 Å². The maximum Gasteiger partial charge on any atom is 0.432 e. The monoisotopic (exact) mass is 452 g/mol. The number of ether oxygens (including phenoxy) is 1. The van der Waals surface area contributed by atoms with E-state index in [-0.39, 0.29) is 20.8 Å². The number of alkyl halides is 2. The lowest BCUT2D eigenvalue weighted by Gasteiger charge is -2.20. The van der Waals surface area contributed by atoms with Crippen LogP contribution in [0.1, 0.15) is 11.1 Å². The summed E-state index contributed by atoms with van der Waals surface area (Å²) in [6.45, 7) is 1.12. The molecule has 0 aromatic heterocycles. The first-order chi connectivity index (χ1) is 12.5. The van der Waals surface area contributed by atoms with Crippen molar-refractivity contribution in [3.05, 3.63) is 75.0 Å². The highest BCUT2D eigenvalue weighted by Crippen LogP contribution is 2.38. The van der Waals surface area contributed by atoms with Crippen molar-refractivity contribution in [3.63, 3.8) is 0 Å². The van der Waals surface area contributed by atoms with Crippen LogP contribution in [0.15, 0.2) is 34.8 Å². The van der Waals surface area contributed by atoms with Crippen LogP contribution >= 0.6 is 15.9 Å². The van der Waals surface area contributed by atoms with E-state index in [9.17, 15) is 30.7 Å². The summed E-state index contributed by atoms with van der Waals surface area (Å²) < 4.78 is 101. The molecule has 3 aromatic carbocycles. The first kappa shape index (κ1) is 19.5. The molecule has 142 valence electrons. The molecule has 0 N–H and O–H groups in total. The molecular formula is C18H8BrF7O. The lowest BCUT2D eigenvalue weighted by atomic mass is 10.0. The van der Waals surface area contributed by atoms with Crippen LogP contribution in [0.3, 0.4) is 0 Å². The second-order valence-corrected chi connectivity index (χ2v) is 6.55. The van der Waals surface area contributed by atoms with Crippen molar-refractivity contribution in [3.8, 4) is 5.75 Å². The van der Waals surface area contributed by atoms with Crippen molar-refractivity contribution in [1.82, 2.24) is 0 Å².